The smallest absolute Gasteiger partial charge is 0.255 e. The summed E-state index contributed by atoms with van der Waals surface area (Å²) in [4.78, 5) is 18.7. The van der Waals surface area contributed by atoms with Gasteiger partial charge in [-0.05, 0) is 6.92 Å². The van der Waals surface area contributed by atoms with Crippen molar-refractivity contribution >= 4 is 29.3 Å². The van der Waals surface area contributed by atoms with Crippen molar-refractivity contribution in [3.8, 4) is 0 Å². The molecule has 0 saturated carbocycles. The van der Waals surface area contributed by atoms with Crippen LogP contribution in [0.25, 0.3) is 0 Å². The lowest BCUT2D eigenvalue weighted by Crippen LogP contribution is -2.24. The number of H-pyrrole nitrogens is 1. The molecule has 1 aliphatic heterocycles. The molecule has 0 aliphatic carbocycles. The summed E-state index contributed by atoms with van der Waals surface area (Å²) in [7, 11) is 0. The van der Waals surface area contributed by atoms with Gasteiger partial charge in [0.1, 0.15) is 11.6 Å². The number of anilines is 1. The second-order valence-electron chi connectivity index (χ2n) is 3.83. The fourth-order valence-corrected chi connectivity index (χ4v) is 4.35. The van der Waals surface area contributed by atoms with E-state index in [4.69, 9.17) is 5.73 Å². The number of thioether (sulfide) groups is 2. The summed E-state index contributed by atoms with van der Waals surface area (Å²) in [5.41, 5.74) is 6.11. The van der Waals surface area contributed by atoms with Crippen LogP contribution in [-0.4, -0.2) is 26.7 Å². The molecule has 88 valence electrons. The number of nitrogen functional groups attached to an aromatic ring is 1. The van der Waals surface area contributed by atoms with Crippen molar-refractivity contribution in [3.05, 3.63) is 21.7 Å². The highest BCUT2D eigenvalue weighted by Crippen LogP contribution is 2.40. The van der Waals surface area contributed by atoms with Gasteiger partial charge in [-0.25, -0.2) is 4.98 Å². The summed E-state index contributed by atoms with van der Waals surface area (Å²) in [5, 5.41) is 0.707. The Hall–Kier alpha value is -0.620. The maximum Gasteiger partial charge on any atom is 0.255 e. The van der Waals surface area contributed by atoms with E-state index < -0.39 is 0 Å². The van der Waals surface area contributed by atoms with Gasteiger partial charge in [0.2, 0.25) is 0 Å². The van der Waals surface area contributed by atoms with E-state index >= 15 is 0 Å². The Labute approximate surface area is 103 Å². The topological polar surface area (TPSA) is 71.8 Å². The molecule has 0 aromatic carbocycles. The van der Waals surface area contributed by atoms with Gasteiger partial charge in [-0.1, -0.05) is 6.92 Å². The van der Waals surface area contributed by atoms with E-state index in [1.165, 1.54) is 0 Å². The second-order valence-corrected chi connectivity index (χ2v) is 6.56. The second kappa shape index (κ2) is 4.71. The molecular formula is C10H15N3OS2. The first-order chi connectivity index (χ1) is 7.59. The van der Waals surface area contributed by atoms with Gasteiger partial charge in [-0.3, -0.25) is 4.79 Å². The molecule has 0 amide bonds. The molecule has 2 rings (SSSR count). The Bertz CT molecular complexity index is 446. The van der Waals surface area contributed by atoms with Gasteiger partial charge in [0.15, 0.2) is 0 Å². The average molecular weight is 257 g/mol. The van der Waals surface area contributed by atoms with Crippen molar-refractivity contribution in [1.29, 1.82) is 0 Å². The number of nitrogens with two attached hydrogens (primary N) is 1. The number of nitrogens with zero attached hydrogens (tertiary/aromatic N) is 1. The summed E-state index contributed by atoms with van der Waals surface area (Å²) < 4.78 is 0. The lowest BCUT2D eigenvalue weighted by Gasteiger charge is -2.27. The molecule has 1 aliphatic rings. The zero-order chi connectivity index (χ0) is 11.7. The Morgan fingerprint density at radius 3 is 2.75 bits per heavy atom. The molecule has 2 unspecified atom stereocenters. The number of rotatable bonds is 1. The van der Waals surface area contributed by atoms with Crippen molar-refractivity contribution < 1.29 is 0 Å². The summed E-state index contributed by atoms with van der Waals surface area (Å²) in [6.07, 6.45) is 0. The van der Waals surface area contributed by atoms with Gasteiger partial charge in [-0.2, -0.15) is 11.8 Å². The summed E-state index contributed by atoms with van der Waals surface area (Å²) in [6.45, 7) is 3.86. The lowest BCUT2D eigenvalue weighted by atomic mass is 10.2. The van der Waals surface area contributed by atoms with Crippen LogP contribution >= 0.6 is 23.5 Å². The molecule has 1 aromatic heterocycles. The van der Waals surface area contributed by atoms with Crippen molar-refractivity contribution in [1.82, 2.24) is 9.97 Å². The van der Waals surface area contributed by atoms with E-state index in [0.29, 0.717) is 16.6 Å². The molecule has 2 heterocycles. The Kier molecular flexibility index (Phi) is 3.49. The summed E-state index contributed by atoms with van der Waals surface area (Å²) in [6, 6.07) is 0. The summed E-state index contributed by atoms with van der Waals surface area (Å²) in [5.74, 6) is 3.32. The highest BCUT2D eigenvalue weighted by atomic mass is 32.2. The van der Waals surface area contributed by atoms with Crippen molar-refractivity contribution in [2.75, 3.05) is 17.2 Å². The van der Waals surface area contributed by atoms with Crippen LogP contribution in [0.1, 0.15) is 23.6 Å². The SMILES string of the molecule is Cc1c(N)nc(C2SCCSC2C)[nH]c1=O. The Balaban J connectivity index is 2.36. The molecule has 16 heavy (non-hydrogen) atoms. The van der Waals surface area contributed by atoms with Gasteiger partial charge < -0.3 is 10.7 Å². The predicted octanol–water partition coefficient (Wildman–Crippen LogP) is 1.57. The number of nitrogens with one attached hydrogen (secondary N) is 1. The quantitative estimate of drug-likeness (QED) is 0.799. The van der Waals surface area contributed by atoms with E-state index in [1.807, 2.05) is 23.5 Å². The first-order valence-corrected chi connectivity index (χ1v) is 7.29. The third-order valence-electron chi connectivity index (χ3n) is 2.66. The molecular weight excluding hydrogens is 242 g/mol. The van der Waals surface area contributed by atoms with Crippen LogP contribution in [-0.2, 0) is 0 Å². The monoisotopic (exact) mass is 257 g/mol. The predicted molar refractivity (Wildman–Crippen MR) is 71.1 cm³/mol. The van der Waals surface area contributed by atoms with E-state index in [2.05, 4.69) is 16.9 Å². The van der Waals surface area contributed by atoms with E-state index in [1.54, 1.807) is 6.92 Å². The molecule has 1 aromatic rings. The molecule has 4 nitrogen and oxygen atoms in total. The van der Waals surface area contributed by atoms with E-state index in [-0.39, 0.29) is 10.8 Å². The first-order valence-electron chi connectivity index (χ1n) is 5.19. The molecule has 3 N–H and O–H groups in total. The van der Waals surface area contributed by atoms with Crippen molar-refractivity contribution in [2.24, 2.45) is 0 Å². The third kappa shape index (κ3) is 2.22. The summed E-state index contributed by atoms with van der Waals surface area (Å²) >= 11 is 3.75. The maximum absolute atomic E-state index is 11.6. The number of aromatic nitrogens is 2. The first kappa shape index (κ1) is 11.9. The van der Waals surface area contributed by atoms with Crippen molar-refractivity contribution in [2.45, 2.75) is 24.3 Å². The minimum Gasteiger partial charge on any atom is -0.383 e. The van der Waals surface area contributed by atoms with Gasteiger partial charge in [0.05, 0.1) is 10.8 Å². The van der Waals surface area contributed by atoms with Gasteiger partial charge in [0, 0.05) is 16.8 Å². The van der Waals surface area contributed by atoms with E-state index in [9.17, 15) is 4.79 Å². The van der Waals surface area contributed by atoms with Gasteiger partial charge >= 0.3 is 0 Å². The number of hydrogen-bond acceptors (Lipinski definition) is 5. The molecule has 0 bridgehead atoms. The lowest BCUT2D eigenvalue weighted by molar-refractivity contribution is 0.813. The third-order valence-corrected chi connectivity index (χ3v) is 5.76. The zero-order valence-corrected chi connectivity index (χ0v) is 11.0. The van der Waals surface area contributed by atoms with Gasteiger partial charge in [0.25, 0.3) is 5.56 Å². The molecule has 1 fully saturated rings. The highest BCUT2D eigenvalue weighted by molar-refractivity contribution is 8.06. The van der Waals surface area contributed by atoms with Crippen LogP contribution in [0.15, 0.2) is 4.79 Å². The Morgan fingerprint density at radius 2 is 2.12 bits per heavy atom. The fraction of sp³-hybridized carbons (Fsp3) is 0.600. The molecule has 1 saturated heterocycles. The number of hydrogen-bond donors (Lipinski definition) is 2. The van der Waals surface area contributed by atoms with Crippen molar-refractivity contribution in [3.63, 3.8) is 0 Å². The normalized spacial score (nSPS) is 25.6. The zero-order valence-electron chi connectivity index (χ0n) is 9.32. The average Bonchev–Trinajstić information content (AvgIpc) is 2.26. The van der Waals surface area contributed by atoms with Crippen LogP contribution in [0.4, 0.5) is 5.82 Å². The minimum atomic E-state index is -0.120. The molecule has 6 heteroatoms. The van der Waals surface area contributed by atoms with E-state index in [0.717, 1.165) is 17.3 Å². The fourth-order valence-electron chi connectivity index (χ4n) is 1.64. The highest BCUT2D eigenvalue weighted by Gasteiger charge is 2.26. The maximum atomic E-state index is 11.6. The largest absolute Gasteiger partial charge is 0.383 e. The Morgan fingerprint density at radius 1 is 1.44 bits per heavy atom. The standard InChI is InChI=1S/C10H15N3OS2/c1-5-8(11)12-9(13-10(5)14)7-6(2)15-3-4-16-7/h6-7H,3-4H2,1-2H3,(H3,11,12,13,14). The van der Waals surface area contributed by atoms with Crippen LogP contribution in [0, 0.1) is 6.92 Å². The van der Waals surface area contributed by atoms with Crippen LogP contribution < -0.4 is 11.3 Å². The molecule has 0 spiro atoms. The minimum absolute atomic E-state index is 0.120. The van der Waals surface area contributed by atoms with Crippen LogP contribution in [0.2, 0.25) is 0 Å². The molecule has 0 radical (unpaired) electrons. The number of aromatic amines is 1. The van der Waals surface area contributed by atoms with Gasteiger partial charge in [-0.15, -0.1) is 11.8 Å². The van der Waals surface area contributed by atoms with Crippen LogP contribution in [0.3, 0.4) is 0 Å². The molecule has 2 atom stereocenters. The van der Waals surface area contributed by atoms with Crippen LogP contribution in [0.5, 0.6) is 0 Å².